The predicted octanol–water partition coefficient (Wildman–Crippen LogP) is 3.41. The van der Waals surface area contributed by atoms with Gasteiger partial charge in [-0.2, -0.15) is 0 Å². The molecule has 1 aromatic heterocycles. The van der Waals surface area contributed by atoms with Gasteiger partial charge in [-0.15, -0.1) is 0 Å². The molecule has 26 heavy (non-hydrogen) atoms. The SMILES string of the molecule is CC(C)(C)OC(=O)N1CC(C(C)(C)c2ccc(C(N)=O)c3[nH]ccc23)C1. The van der Waals surface area contributed by atoms with Crippen molar-refractivity contribution in [2.75, 3.05) is 13.1 Å². The van der Waals surface area contributed by atoms with Gasteiger partial charge in [-0.1, -0.05) is 19.9 Å². The van der Waals surface area contributed by atoms with Crippen LogP contribution < -0.4 is 5.73 Å². The number of fused-ring (bicyclic) bond motifs is 1. The van der Waals surface area contributed by atoms with Gasteiger partial charge < -0.3 is 20.4 Å². The van der Waals surface area contributed by atoms with E-state index in [1.54, 1.807) is 11.0 Å². The number of nitrogens with one attached hydrogen (secondary N) is 1. The van der Waals surface area contributed by atoms with Crippen LogP contribution in [0.2, 0.25) is 0 Å². The molecule has 1 saturated heterocycles. The number of H-pyrrole nitrogens is 1. The zero-order valence-electron chi connectivity index (χ0n) is 16.1. The number of rotatable bonds is 3. The van der Waals surface area contributed by atoms with Crippen molar-refractivity contribution in [1.29, 1.82) is 0 Å². The van der Waals surface area contributed by atoms with Crippen LogP contribution in [0.3, 0.4) is 0 Å². The van der Waals surface area contributed by atoms with E-state index in [-0.39, 0.29) is 11.5 Å². The molecule has 0 unspecified atom stereocenters. The fourth-order valence-corrected chi connectivity index (χ4v) is 3.55. The molecule has 3 rings (SSSR count). The van der Waals surface area contributed by atoms with Crippen LogP contribution in [-0.4, -0.2) is 40.6 Å². The summed E-state index contributed by atoms with van der Waals surface area (Å²) in [5.41, 5.74) is 7.25. The molecule has 140 valence electrons. The number of nitrogens with zero attached hydrogens (tertiary/aromatic N) is 1. The molecule has 3 N–H and O–H groups in total. The van der Waals surface area contributed by atoms with E-state index < -0.39 is 11.5 Å². The Bertz CT molecular complexity index is 855. The lowest BCUT2D eigenvalue weighted by Gasteiger charge is -2.48. The lowest BCUT2D eigenvalue weighted by atomic mass is 9.69. The number of amides is 2. The number of primary amides is 1. The summed E-state index contributed by atoms with van der Waals surface area (Å²) < 4.78 is 5.44. The average molecular weight is 357 g/mol. The summed E-state index contributed by atoms with van der Waals surface area (Å²) in [7, 11) is 0. The molecule has 0 atom stereocenters. The molecule has 1 aliphatic rings. The molecule has 1 aromatic carbocycles. The van der Waals surface area contributed by atoms with Crippen LogP contribution in [0.1, 0.15) is 50.5 Å². The van der Waals surface area contributed by atoms with Gasteiger partial charge in [-0.25, -0.2) is 4.79 Å². The summed E-state index contributed by atoms with van der Waals surface area (Å²) in [5.74, 6) is -0.130. The second-order valence-corrected chi connectivity index (χ2v) is 8.60. The minimum Gasteiger partial charge on any atom is -0.444 e. The Labute approximate surface area is 153 Å². The molecule has 6 heteroatoms. The number of carbonyl (C=O) groups excluding carboxylic acids is 2. The number of likely N-dealkylation sites (tertiary alicyclic amines) is 1. The van der Waals surface area contributed by atoms with Crippen LogP contribution in [0, 0.1) is 5.92 Å². The summed E-state index contributed by atoms with van der Waals surface area (Å²) in [6.07, 6.45) is 1.56. The van der Waals surface area contributed by atoms with Crippen molar-refractivity contribution in [2.24, 2.45) is 11.7 Å². The summed E-state index contributed by atoms with van der Waals surface area (Å²) in [6.45, 7) is 11.3. The van der Waals surface area contributed by atoms with Crippen molar-refractivity contribution >= 4 is 22.9 Å². The molecule has 0 bridgehead atoms. The first-order chi connectivity index (χ1) is 12.0. The van der Waals surface area contributed by atoms with E-state index in [0.717, 1.165) is 16.5 Å². The van der Waals surface area contributed by atoms with E-state index in [1.165, 1.54) is 0 Å². The maximum atomic E-state index is 12.2. The first kappa shape index (κ1) is 18.3. The van der Waals surface area contributed by atoms with Gasteiger partial charge in [0.05, 0.1) is 11.1 Å². The van der Waals surface area contributed by atoms with Crippen LogP contribution in [0.15, 0.2) is 24.4 Å². The van der Waals surface area contributed by atoms with Crippen molar-refractivity contribution in [2.45, 2.75) is 45.6 Å². The van der Waals surface area contributed by atoms with E-state index in [9.17, 15) is 9.59 Å². The van der Waals surface area contributed by atoms with E-state index in [4.69, 9.17) is 10.5 Å². The van der Waals surface area contributed by atoms with E-state index in [1.807, 2.05) is 39.1 Å². The number of carbonyl (C=O) groups is 2. The van der Waals surface area contributed by atoms with Gasteiger partial charge >= 0.3 is 6.09 Å². The summed E-state index contributed by atoms with van der Waals surface area (Å²) >= 11 is 0. The van der Waals surface area contributed by atoms with Gasteiger partial charge in [0.2, 0.25) is 0 Å². The fourth-order valence-electron chi connectivity index (χ4n) is 3.55. The highest BCUT2D eigenvalue weighted by atomic mass is 16.6. The van der Waals surface area contributed by atoms with Crippen molar-refractivity contribution in [3.8, 4) is 0 Å². The van der Waals surface area contributed by atoms with Gasteiger partial charge in [0.1, 0.15) is 5.60 Å². The van der Waals surface area contributed by atoms with E-state index >= 15 is 0 Å². The molecular weight excluding hydrogens is 330 g/mol. The maximum absolute atomic E-state index is 12.2. The molecule has 1 aliphatic heterocycles. The summed E-state index contributed by atoms with van der Waals surface area (Å²) in [4.78, 5) is 28.7. The maximum Gasteiger partial charge on any atom is 0.410 e. The highest BCUT2D eigenvalue weighted by Crippen LogP contribution is 2.41. The van der Waals surface area contributed by atoms with Gasteiger partial charge in [0.25, 0.3) is 5.91 Å². The Hall–Kier alpha value is -2.50. The third kappa shape index (κ3) is 3.16. The van der Waals surface area contributed by atoms with Crippen LogP contribution in [-0.2, 0) is 10.2 Å². The number of nitrogens with two attached hydrogens (primary N) is 1. The molecule has 0 spiro atoms. The number of ether oxygens (including phenoxy) is 1. The standard InChI is InChI=1S/C20H27N3O3/c1-19(2,3)26-18(25)23-10-12(11-23)20(4,5)15-7-6-14(17(21)24)16-13(15)8-9-22-16/h6-9,12,22H,10-11H2,1-5H3,(H2,21,24). The minimum atomic E-state index is -0.487. The van der Waals surface area contributed by atoms with Gasteiger partial charge in [0, 0.05) is 30.6 Å². The number of hydrogen-bond acceptors (Lipinski definition) is 3. The highest BCUT2D eigenvalue weighted by Gasteiger charge is 2.43. The Kier molecular flexibility index (Phi) is 4.25. The fraction of sp³-hybridized carbons (Fsp3) is 0.500. The van der Waals surface area contributed by atoms with Crippen molar-refractivity contribution in [3.05, 3.63) is 35.5 Å². The molecule has 6 nitrogen and oxygen atoms in total. The predicted molar refractivity (Wildman–Crippen MR) is 101 cm³/mol. The molecular formula is C20H27N3O3. The first-order valence-electron chi connectivity index (χ1n) is 8.89. The number of aromatic amines is 1. The molecule has 2 amide bonds. The van der Waals surface area contributed by atoms with Crippen molar-refractivity contribution in [1.82, 2.24) is 9.88 Å². The zero-order valence-corrected chi connectivity index (χ0v) is 16.1. The summed E-state index contributed by atoms with van der Waals surface area (Å²) in [6, 6.07) is 5.73. The minimum absolute atomic E-state index is 0.158. The van der Waals surface area contributed by atoms with Crippen LogP contribution >= 0.6 is 0 Å². The van der Waals surface area contributed by atoms with Crippen LogP contribution in [0.4, 0.5) is 4.79 Å². The molecule has 2 heterocycles. The Morgan fingerprint density at radius 2 is 1.81 bits per heavy atom. The Morgan fingerprint density at radius 1 is 1.15 bits per heavy atom. The third-order valence-electron chi connectivity index (χ3n) is 5.24. The van der Waals surface area contributed by atoms with Gasteiger partial charge in [-0.05, 0) is 43.9 Å². The van der Waals surface area contributed by atoms with Crippen molar-refractivity contribution in [3.63, 3.8) is 0 Å². The first-order valence-corrected chi connectivity index (χ1v) is 8.89. The number of aromatic nitrogens is 1. The molecule has 2 aromatic rings. The zero-order chi connectivity index (χ0) is 19.3. The van der Waals surface area contributed by atoms with Gasteiger partial charge in [-0.3, -0.25) is 4.79 Å². The molecule has 0 radical (unpaired) electrons. The van der Waals surface area contributed by atoms with E-state index in [2.05, 4.69) is 18.8 Å². The normalized spacial score (nSPS) is 15.8. The molecule has 1 fully saturated rings. The second kappa shape index (κ2) is 6.04. The van der Waals surface area contributed by atoms with Gasteiger partial charge in [0.15, 0.2) is 0 Å². The topological polar surface area (TPSA) is 88.4 Å². The van der Waals surface area contributed by atoms with E-state index in [0.29, 0.717) is 24.6 Å². The Morgan fingerprint density at radius 3 is 2.38 bits per heavy atom. The Balaban J connectivity index is 1.81. The van der Waals surface area contributed by atoms with Crippen LogP contribution in [0.25, 0.3) is 10.9 Å². The largest absolute Gasteiger partial charge is 0.444 e. The smallest absolute Gasteiger partial charge is 0.410 e. The van der Waals surface area contributed by atoms with Crippen LogP contribution in [0.5, 0.6) is 0 Å². The summed E-state index contributed by atoms with van der Waals surface area (Å²) in [5, 5.41) is 1.00. The average Bonchev–Trinajstić information content (AvgIpc) is 2.90. The monoisotopic (exact) mass is 357 g/mol. The quantitative estimate of drug-likeness (QED) is 0.882. The lowest BCUT2D eigenvalue weighted by Crippen LogP contribution is -2.57. The van der Waals surface area contributed by atoms with Crippen molar-refractivity contribution < 1.29 is 14.3 Å². The third-order valence-corrected chi connectivity index (χ3v) is 5.24. The number of benzene rings is 1. The lowest BCUT2D eigenvalue weighted by molar-refractivity contribution is -0.0123. The highest BCUT2D eigenvalue weighted by molar-refractivity contribution is 6.06. The molecule has 0 aliphatic carbocycles. The second-order valence-electron chi connectivity index (χ2n) is 8.60. The molecule has 0 saturated carbocycles. The number of hydrogen-bond donors (Lipinski definition) is 2.